The van der Waals surface area contributed by atoms with E-state index in [0.717, 1.165) is 19.3 Å². The second-order valence-electron chi connectivity index (χ2n) is 6.53. The van der Waals surface area contributed by atoms with Gasteiger partial charge in [0, 0.05) is 24.2 Å². The Balaban J connectivity index is 3.00. The summed E-state index contributed by atoms with van der Waals surface area (Å²) in [5.74, 6) is -2.27. The largest absolute Gasteiger partial charge is 0.481 e. The molecule has 6 heteroatoms. The lowest BCUT2D eigenvalue weighted by Crippen LogP contribution is -2.36. The smallest absolute Gasteiger partial charge is 0.304 e. The Bertz CT molecular complexity index is 510. The molecule has 3 N–H and O–H groups in total. The van der Waals surface area contributed by atoms with Gasteiger partial charge in [-0.3, -0.25) is 9.59 Å². The maximum absolute atomic E-state index is 12.2. The van der Waals surface area contributed by atoms with Crippen LogP contribution < -0.4 is 0 Å². The Kier molecular flexibility index (Phi) is 8.09. The van der Waals surface area contributed by atoms with E-state index in [-0.39, 0.29) is 31.5 Å². The van der Waals surface area contributed by atoms with Gasteiger partial charge in [-0.15, -0.1) is 0 Å². The van der Waals surface area contributed by atoms with Gasteiger partial charge in [-0.25, -0.2) is 0 Å². The summed E-state index contributed by atoms with van der Waals surface area (Å²) in [4.78, 5) is 23.3. The Morgan fingerprint density at radius 3 is 2.79 bits per heavy atom. The topological polar surface area (TPSA) is 119 Å². The fourth-order valence-corrected chi connectivity index (χ4v) is 3.45. The average Bonchev–Trinajstić information content (AvgIpc) is 2.74. The molecule has 0 amide bonds. The molecule has 134 valence electrons. The highest BCUT2D eigenvalue weighted by molar-refractivity contribution is 5.89. The first-order valence-electron chi connectivity index (χ1n) is 8.54. The number of aliphatic hydroxyl groups is 2. The van der Waals surface area contributed by atoms with Gasteiger partial charge in [-0.05, 0) is 12.8 Å². The summed E-state index contributed by atoms with van der Waals surface area (Å²) < 4.78 is 0. The predicted octanol–water partition coefficient (Wildman–Crippen LogP) is 2.20. The average molecular weight is 337 g/mol. The number of aliphatic hydroxyl groups excluding tert-OH is 2. The minimum atomic E-state index is -1.11. The molecule has 0 aromatic heterocycles. The fraction of sp³-hybridized carbons (Fsp3) is 0.722. The molecular weight excluding hydrogens is 310 g/mol. The van der Waals surface area contributed by atoms with Crippen LogP contribution in [0.15, 0.2) is 12.2 Å². The van der Waals surface area contributed by atoms with E-state index in [9.17, 15) is 19.8 Å². The van der Waals surface area contributed by atoms with Gasteiger partial charge in [0.15, 0.2) is 0 Å². The number of carbonyl (C=O) groups is 2. The molecule has 0 saturated heterocycles. The summed E-state index contributed by atoms with van der Waals surface area (Å²) in [5, 5.41) is 38.4. The molecule has 1 rings (SSSR count). The maximum Gasteiger partial charge on any atom is 0.304 e. The van der Waals surface area contributed by atoms with E-state index in [1.165, 1.54) is 0 Å². The van der Waals surface area contributed by atoms with Crippen LogP contribution in [0.2, 0.25) is 0 Å². The number of hydrogen-bond acceptors (Lipinski definition) is 5. The van der Waals surface area contributed by atoms with E-state index in [1.54, 1.807) is 12.2 Å². The van der Waals surface area contributed by atoms with Crippen molar-refractivity contribution < 1.29 is 24.9 Å². The number of carbonyl (C=O) groups excluding carboxylic acids is 1. The molecule has 24 heavy (non-hydrogen) atoms. The maximum atomic E-state index is 12.2. The van der Waals surface area contributed by atoms with E-state index in [2.05, 4.69) is 6.92 Å². The second-order valence-corrected chi connectivity index (χ2v) is 6.53. The molecule has 1 aliphatic rings. The molecule has 4 atom stereocenters. The minimum absolute atomic E-state index is 0.108. The van der Waals surface area contributed by atoms with Crippen molar-refractivity contribution in [2.24, 2.45) is 11.3 Å². The van der Waals surface area contributed by atoms with E-state index in [0.29, 0.717) is 6.42 Å². The molecule has 1 aliphatic carbocycles. The first kappa shape index (κ1) is 20.3. The quantitative estimate of drug-likeness (QED) is 0.415. The van der Waals surface area contributed by atoms with Gasteiger partial charge >= 0.3 is 5.97 Å². The minimum Gasteiger partial charge on any atom is -0.481 e. The Labute approximate surface area is 142 Å². The van der Waals surface area contributed by atoms with Crippen LogP contribution in [-0.4, -0.2) is 39.3 Å². The predicted molar refractivity (Wildman–Crippen MR) is 87.9 cm³/mol. The molecule has 0 bridgehead atoms. The zero-order valence-electron chi connectivity index (χ0n) is 14.1. The third-order valence-corrected chi connectivity index (χ3v) is 4.83. The van der Waals surface area contributed by atoms with Gasteiger partial charge in [0.1, 0.15) is 5.78 Å². The Morgan fingerprint density at radius 2 is 2.21 bits per heavy atom. The molecule has 0 aliphatic heterocycles. The molecule has 1 fully saturated rings. The van der Waals surface area contributed by atoms with Crippen LogP contribution >= 0.6 is 0 Å². The van der Waals surface area contributed by atoms with E-state index in [1.807, 2.05) is 6.07 Å². The van der Waals surface area contributed by atoms with Gasteiger partial charge in [0.05, 0.1) is 24.7 Å². The zero-order chi connectivity index (χ0) is 18.2. The normalized spacial score (nSPS) is 28.2. The highest BCUT2D eigenvalue weighted by atomic mass is 16.4. The van der Waals surface area contributed by atoms with Gasteiger partial charge in [-0.2, -0.15) is 5.26 Å². The van der Waals surface area contributed by atoms with E-state index >= 15 is 0 Å². The van der Waals surface area contributed by atoms with Crippen LogP contribution in [0.5, 0.6) is 0 Å². The number of nitrogens with zero attached hydrogens (tertiary/aromatic N) is 1. The number of carboxylic acids is 1. The lowest BCUT2D eigenvalue weighted by Gasteiger charge is -2.33. The van der Waals surface area contributed by atoms with Crippen molar-refractivity contribution in [3.63, 3.8) is 0 Å². The van der Waals surface area contributed by atoms with Crippen molar-refractivity contribution in [2.75, 3.05) is 0 Å². The standard InChI is InChI=1S/C18H27NO5/c1-2-3-4-6-13(20)7-9-18(8-5-10-19)14(11-17(23)24)15(21)12-16(18)22/h7,9,13-14,16,20,22H,2-6,8,11-12H2,1H3,(H,23,24)/t13-,14-,16+,18+/m0/s1. The molecule has 0 radical (unpaired) electrons. The van der Waals surface area contributed by atoms with E-state index in [4.69, 9.17) is 10.4 Å². The highest BCUT2D eigenvalue weighted by Gasteiger charge is 2.53. The van der Waals surface area contributed by atoms with E-state index < -0.39 is 29.5 Å². The van der Waals surface area contributed by atoms with Gasteiger partial charge in [0.2, 0.25) is 0 Å². The lowest BCUT2D eigenvalue weighted by molar-refractivity contribution is -0.141. The number of hydrogen-bond donors (Lipinski definition) is 3. The third kappa shape index (κ3) is 5.15. The van der Waals surface area contributed by atoms with Gasteiger partial charge in [-0.1, -0.05) is 38.3 Å². The van der Waals surface area contributed by atoms with Crippen molar-refractivity contribution >= 4 is 11.8 Å². The third-order valence-electron chi connectivity index (χ3n) is 4.83. The molecular formula is C18H27NO5. The Morgan fingerprint density at radius 1 is 1.50 bits per heavy atom. The summed E-state index contributed by atoms with van der Waals surface area (Å²) in [5.41, 5.74) is -1.09. The monoisotopic (exact) mass is 337 g/mol. The number of aliphatic carboxylic acids is 1. The summed E-state index contributed by atoms with van der Waals surface area (Å²) in [7, 11) is 0. The highest BCUT2D eigenvalue weighted by Crippen LogP contribution is 2.48. The zero-order valence-corrected chi connectivity index (χ0v) is 14.1. The molecule has 0 aromatic carbocycles. The van der Waals surface area contributed by atoms with Crippen molar-refractivity contribution in [3.05, 3.63) is 12.2 Å². The molecule has 0 aromatic rings. The summed E-state index contributed by atoms with van der Waals surface area (Å²) in [6, 6.07) is 1.99. The number of ketones is 1. The van der Waals surface area contributed by atoms with Crippen LogP contribution in [0.4, 0.5) is 0 Å². The van der Waals surface area contributed by atoms with Crippen molar-refractivity contribution in [2.45, 2.75) is 70.5 Å². The Hall–Kier alpha value is -1.71. The molecule has 0 unspecified atom stereocenters. The summed E-state index contributed by atoms with van der Waals surface area (Å²) >= 11 is 0. The number of carboxylic acid groups (broad SMARTS) is 1. The number of unbranched alkanes of at least 4 members (excludes halogenated alkanes) is 2. The molecule has 6 nitrogen and oxygen atoms in total. The molecule has 0 spiro atoms. The van der Waals surface area contributed by atoms with Gasteiger partial charge < -0.3 is 15.3 Å². The molecule has 0 heterocycles. The SMILES string of the molecule is CCCCC[C@H](O)C=C[C@@]1(CCC#N)[C@H](O)CC(=O)[C@@H]1CC(=O)O. The van der Waals surface area contributed by atoms with Crippen molar-refractivity contribution in [1.82, 2.24) is 0 Å². The van der Waals surface area contributed by atoms with Crippen molar-refractivity contribution in [3.8, 4) is 6.07 Å². The summed E-state index contributed by atoms with van der Waals surface area (Å²) in [6.07, 6.45) is 4.71. The number of rotatable bonds is 10. The molecule has 1 saturated carbocycles. The number of nitriles is 1. The van der Waals surface area contributed by atoms with Crippen LogP contribution in [0.1, 0.15) is 58.3 Å². The number of Topliss-reactive ketones (excluding diaryl/α,β-unsaturated/α-hetero) is 1. The first-order chi connectivity index (χ1) is 11.4. The van der Waals surface area contributed by atoms with Crippen molar-refractivity contribution in [1.29, 1.82) is 5.26 Å². The van der Waals surface area contributed by atoms with Crippen LogP contribution in [0.3, 0.4) is 0 Å². The second kappa shape index (κ2) is 9.55. The summed E-state index contributed by atoms with van der Waals surface area (Å²) in [6.45, 7) is 2.07. The fourth-order valence-electron chi connectivity index (χ4n) is 3.45. The lowest BCUT2D eigenvalue weighted by atomic mass is 9.71. The first-order valence-corrected chi connectivity index (χ1v) is 8.54. The van der Waals surface area contributed by atoms with Gasteiger partial charge in [0.25, 0.3) is 0 Å². The van der Waals surface area contributed by atoms with Crippen LogP contribution in [0, 0.1) is 22.7 Å². The van der Waals surface area contributed by atoms with Crippen LogP contribution in [0.25, 0.3) is 0 Å². The van der Waals surface area contributed by atoms with Crippen LogP contribution in [-0.2, 0) is 9.59 Å².